The molecule has 0 aromatic carbocycles. The van der Waals surface area contributed by atoms with Crippen LogP contribution in [0.15, 0.2) is 5.38 Å². The number of morpholine rings is 1. The Kier molecular flexibility index (Phi) is 5.88. The van der Waals surface area contributed by atoms with Gasteiger partial charge in [-0.2, -0.15) is 0 Å². The average molecular weight is 340 g/mol. The second-order valence-corrected chi connectivity index (χ2v) is 9.33. The molecule has 1 saturated heterocycles. The largest absolute Gasteiger partial charge is 0.373 e. The maximum Gasteiger partial charge on any atom is 0.0982 e. The summed E-state index contributed by atoms with van der Waals surface area (Å²) in [5.74, 6) is 0. The molecule has 1 aromatic rings. The molecule has 1 aromatic heterocycles. The van der Waals surface area contributed by atoms with Crippen molar-refractivity contribution in [2.75, 3.05) is 19.6 Å². The molecule has 0 bridgehead atoms. The van der Waals surface area contributed by atoms with Crippen molar-refractivity contribution in [1.82, 2.24) is 15.2 Å². The lowest BCUT2D eigenvalue weighted by atomic mass is 9.98. The van der Waals surface area contributed by atoms with Gasteiger partial charge in [0, 0.05) is 42.5 Å². The highest BCUT2D eigenvalue weighted by Crippen LogP contribution is 2.25. The van der Waals surface area contributed by atoms with Crippen LogP contribution < -0.4 is 5.32 Å². The number of rotatable bonds is 5. The van der Waals surface area contributed by atoms with Crippen molar-refractivity contribution in [3.05, 3.63) is 16.1 Å². The van der Waals surface area contributed by atoms with Gasteiger partial charge in [0.15, 0.2) is 0 Å². The first kappa shape index (κ1) is 18.8. The van der Waals surface area contributed by atoms with Gasteiger partial charge < -0.3 is 10.1 Å². The molecule has 4 nitrogen and oxygen atoms in total. The van der Waals surface area contributed by atoms with Crippen molar-refractivity contribution in [1.29, 1.82) is 0 Å². The molecule has 5 heteroatoms. The molecule has 1 aliphatic heterocycles. The minimum Gasteiger partial charge on any atom is -0.373 e. The van der Waals surface area contributed by atoms with E-state index in [0.29, 0.717) is 12.2 Å². The second-order valence-electron chi connectivity index (χ2n) is 8.47. The Balaban J connectivity index is 1.86. The maximum atomic E-state index is 5.85. The Labute approximate surface area is 145 Å². The minimum atomic E-state index is 0.120. The molecule has 0 amide bonds. The van der Waals surface area contributed by atoms with E-state index in [1.54, 1.807) is 11.3 Å². The van der Waals surface area contributed by atoms with E-state index in [4.69, 9.17) is 9.72 Å². The number of aromatic nitrogens is 1. The third-order valence-corrected chi connectivity index (χ3v) is 5.65. The van der Waals surface area contributed by atoms with E-state index in [0.717, 1.165) is 31.9 Å². The molecular formula is C18H33N3OS. The van der Waals surface area contributed by atoms with Crippen molar-refractivity contribution in [2.24, 2.45) is 0 Å². The highest BCUT2D eigenvalue weighted by molar-refractivity contribution is 7.09. The van der Waals surface area contributed by atoms with E-state index in [2.05, 4.69) is 64.1 Å². The second kappa shape index (κ2) is 7.18. The van der Waals surface area contributed by atoms with E-state index in [1.807, 2.05) is 0 Å². The minimum absolute atomic E-state index is 0.120. The highest BCUT2D eigenvalue weighted by Gasteiger charge is 2.32. The van der Waals surface area contributed by atoms with Gasteiger partial charge in [0.25, 0.3) is 0 Å². The van der Waals surface area contributed by atoms with Crippen molar-refractivity contribution < 1.29 is 4.74 Å². The predicted octanol–water partition coefficient (Wildman–Crippen LogP) is 3.42. The Morgan fingerprint density at radius 2 is 1.83 bits per heavy atom. The first-order valence-corrected chi connectivity index (χ1v) is 9.52. The normalized spacial score (nSPS) is 24.1. The van der Waals surface area contributed by atoms with E-state index < -0.39 is 0 Å². The Morgan fingerprint density at radius 3 is 2.35 bits per heavy atom. The molecule has 2 heterocycles. The van der Waals surface area contributed by atoms with Crippen LogP contribution >= 0.6 is 11.3 Å². The summed E-state index contributed by atoms with van der Waals surface area (Å²) in [6, 6.07) is 0. The van der Waals surface area contributed by atoms with Gasteiger partial charge in [-0.15, -0.1) is 11.3 Å². The monoisotopic (exact) mass is 339 g/mol. The van der Waals surface area contributed by atoms with Crippen molar-refractivity contribution in [2.45, 2.75) is 78.2 Å². The van der Waals surface area contributed by atoms with Crippen molar-refractivity contribution >= 4 is 11.3 Å². The van der Waals surface area contributed by atoms with E-state index in [-0.39, 0.29) is 11.0 Å². The van der Waals surface area contributed by atoms with Gasteiger partial charge in [-0.1, -0.05) is 20.8 Å². The lowest BCUT2D eigenvalue weighted by Gasteiger charge is -2.45. The highest BCUT2D eigenvalue weighted by atomic mass is 32.1. The molecule has 0 aliphatic carbocycles. The van der Waals surface area contributed by atoms with E-state index in [1.165, 1.54) is 5.01 Å². The van der Waals surface area contributed by atoms with Gasteiger partial charge >= 0.3 is 0 Å². The van der Waals surface area contributed by atoms with Crippen LogP contribution in [0.25, 0.3) is 0 Å². The zero-order chi connectivity index (χ0) is 17.3. The standard InChI is InChI=1S/C18H33N3OS/c1-13-9-21(10-14(2)22-13)18(6,7)12-19-8-15-11-23-16(20-15)17(3,4)5/h11,13-14,19H,8-10,12H2,1-7H3. The first-order valence-electron chi connectivity index (χ1n) is 8.64. The summed E-state index contributed by atoms with van der Waals surface area (Å²) in [5.41, 5.74) is 1.41. The van der Waals surface area contributed by atoms with Crippen LogP contribution in [-0.2, 0) is 16.7 Å². The topological polar surface area (TPSA) is 37.4 Å². The zero-order valence-corrected chi connectivity index (χ0v) is 16.6. The lowest BCUT2D eigenvalue weighted by Crippen LogP contribution is -2.58. The number of hydrogen-bond acceptors (Lipinski definition) is 5. The van der Waals surface area contributed by atoms with Gasteiger partial charge in [0.1, 0.15) is 0 Å². The average Bonchev–Trinajstić information content (AvgIpc) is 2.86. The Hall–Kier alpha value is -0.490. The molecule has 23 heavy (non-hydrogen) atoms. The fourth-order valence-electron chi connectivity index (χ4n) is 3.01. The molecule has 0 saturated carbocycles. The van der Waals surface area contributed by atoms with Gasteiger partial charge in [-0.05, 0) is 27.7 Å². The van der Waals surface area contributed by atoms with Crippen LogP contribution in [0, 0.1) is 0 Å². The van der Waals surface area contributed by atoms with Crippen LogP contribution in [0.4, 0.5) is 0 Å². The number of thiazole rings is 1. The summed E-state index contributed by atoms with van der Waals surface area (Å²) in [6.45, 7) is 19.4. The lowest BCUT2D eigenvalue weighted by molar-refractivity contribution is -0.0952. The van der Waals surface area contributed by atoms with Crippen LogP contribution in [0.1, 0.15) is 59.2 Å². The van der Waals surface area contributed by atoms with E-state index >= 15 is 0 Å². The SMILES string of the molecule is CC1CN(C(C)(C)CNCc2csc(C(C)(C)C)n2)CC(C)O1. The molecule has 1 aliphatic rings. The Morgan fingerprint density at radius 1 is 1.22 bits per heavy atom. The maximum absolute atomic E-state index is 5.85. The summed E-state index contributed by atoms with van der Waals surface area (Å²) in [7, 11) is 0. The van der Waals surface area contributed by atoms with Crippen LogP contribution in [0.3, 0.4) is 0 Å². The van der Waals surface area contributed by atoms with Gasteiger partial charge in [-0.3, -0.25) is 4.90 Å². The zero-order valence-electron chi connectivity index (χ0n) is 15.8. The smallest absolute Gasteiger partial charge is 0.0982 e. The fraction of sp³-hybridized carbons (Fsp3) is 0.833. The Bertz CT molecular complexity index is 497. The number of ether oxygens (including phenoxy) is 1. The molecule has 0 spiro atoms. The van der Waals surface area contributed by atoms with Gasteiger partial charge in [-0.25, -0.2) is 4.98 Å². The molecule has 2 unspecified atom stereocenters. The number of hydrogen-bond donors (Lipinski definition) is 1. The van der Waals surface area contributed by atoms with E-state index in [9.17, 15) is 0 Å². The first-order chi connectivity index (χ1) is 10.6. The van der Waals surface area contributed by atoms with Crippen molar-refractivity contribution in [3.8, 4) is 0 Å². The quantitative estimate of drug-likeness (QED) is 0.892. The van der Waals surface area contributed by atoms with Gasteiger partial charge in [0.05, 0.1) is 22.9 Å². The van der Waals surface area contributed by atoms with Crippen LogP contribution in [0.2, 0.25) is 0 Å². The van der Waals surface area contributed by atoms with Gasteiger partial charge in [0.2, 0.25) is 0 Å². The molecule has 0 radical (unpaired) electrons. The number of nitrogens with one attached hydrogen (secondary N) is 1. The molecule has 1 fully saturated rings. The molecule has 2 rings (SSSR count). The summed E-state index contributed by atoms with van der Waals surface area (Å²) < 4.78 is 5.85. The van der Waals surface area contributed by atoms with Crippen molar-refractivity contribution in [3.63, 3.8) is 0 Å². The summed E-state index contributed by atoms with van der Waals surface area (Å²) in [4.78, 5) is 7.30. The molecule has 132 valence electrons. The summed E-state index contributed by atoms with van der Waals surface area (Å²) in [5, 5.41) is 6.99. The predicted molar refractivity (Wildman–Crippen MR) is 98.2 cm³/mol. The summed E-state index contributed by atoms with van der Waals surface area (Å²) >= 11 is 1.77. The molecule has 1 N–H and O–H groups in total. The summed E-state index contributed by atoms with van der Waals surface area (Å²) in [6.07, 6.45) is 0.622. The third-order valence-electron chi connectivity index (χ3n) is 4.33. The number of nitrogens with zero attached hydrogens (tertiary/aromatic N) is 2. The molecular weight excluding hydrogens is 306 g/mol. The fourth-order valence-corrected chi connectivity index (χ4v) is 3.92. The third kappa shape index (κ3) is 5.24. The van der Waals surface area contributed by atoms with Crippen LogP contribution in [-0.4, -0.2) is 47.3 Å². The molecule has 2 atom stereocenters. The van der Waals surface area contributed by atoms with Crippen LogP contribution in [0.5, 0.6) is 0 Å².